The summed E-state index contributed by atoms with van der Waals surface area (Å²) in [4.78, 5) is -0.0650. The van der Waals surface area contributed by atoms with E-state index in [-0.39, 0.29) is 9.79 Å². The molecule has 9 heteroatoms. The molecule has 0 unspecified atom stereocenters. The summed E-state index contributed by atoms with van der Waals surface area (Å²) in [6.07, 6.45) is 0. The van der Waals surface area contributed by atoms with Crippen molar-refractivity contribution in [3.05, 3.63) is 53.1 Å². The van der Waals surface area contributed by atoms with E-state index in [9.17, 15) is 16.8 Å². The van der Waals surface area contributed by atoms with Crippen LogP contribution in [0.5, 0.6) is 0 Å². The lowest BCUT2D eigenvalue weighted by molar-refractivity contribution is 0.587. The van der Waals surface area contributed by atoms with Gasteiger partial charge in [0.05, 0.1) is 15.5 Å². The molecule has 0 fully saturated rings. The predicted molar refractivity (Wildman–Crippen MR) is 89.7 cm³/mol. The van der Waals surface area contributed by atoms with Crippen molar-refractivity contribution in [2.24, 2.45) is 0 Å². The highest BCUT2D eigenvalue weighted by atomic mass is 35.5. The average Bonchev–Trinajstić information content (AvgIpc) is 2.51. The molecule has 0 radical (unpaired) electrons. The SMILES string of the molecule is CNS(=O)(=O)c1ccc(S(=O)(=O)Nc2cc(Cl)ccc2C)cc1. The summed E-state index contributed by atoms with van der Waals surface area (Å²) in [7, 11) is -6.18. The van der Waals surface area contributed by atoms with Crippen molar-refractivity contribution >= 4 is 37.3 Å². The van der Waals surface area contributed by atoms with Gasteiger partial charge < -0.3 is 0 Å². The first-order chi connectivity index (χ1) is 10.7. The molecular formula is C14H15ClN2O4S2. The molecule has 0 saturated heterocycles. The molecule has 6 nitrogen and oxygen atoms in total. The molecule has 2 N–H and O–H groups in total. The van der Waals surface area contributed by atoms with Gasteiger partial charge in [-0.25, -0.2) is 21.6 Å². The first-order valence-electron chi connectivity index (χ1n) is 6.48. The number of aryl methyl sites for hydroxylation is 1. The highest BCUT2D eigenvalue weighted by Gasteiger charge is 2.17. The summed E-state index contributed by atoms with van der Waals surface area (Å²) in [5, 5.41) is 0.406. The molecule has 0 atom stereocenters. The van der Waals surface area contributed by atoms with Crippen molar-refractivity contribution in [3.8, 4) is 0 Å². The molecule has 0 saturated carbocycles. The standard InChI is InChI=1S/C14H15ClN2O4S2/c1-10-3-4-11(15)9-14(10)17-23(20,21)13-7-5-12(6-8-13)22(18,19)16-2/h3-9,16-17H,1-2H3. The number of benzene rings is 2. The third kappa shape index (κ3) is 4.03. The highest BCUT2D eigenvalue weighted by Crippen LogP contribution is 2.24. The first kappa shape index (κ1) is 17.7. The van der Waals surface area contributed by atoms with Gasteiger partial charge in [0.25, 0.3) is 10.0 Å². The Bertz CT molecular complexity index is 924. The third-order valence-corrected chi connectivity index (χ3v) is 6.20. The topological polar surface area (TPSA) is 92.3 Å². The fraction of sp³-hybridized carbons (Fsp3) is 0.143. The van der Waals surface area contributed by atoms with E-state index in [2.05, 4.69) is 9.44 Å². The molecule has 2 aromatic rings. The van der Waals surface area contributed by atoms with E-state index in [4.69, 9.17) is 11.6 Å². The molecular weight excluding hydrogens is 360 g/mol. The maximum absolute atomic E-state index is 12.4. The fourth-order valence-electron chi connectivity index (χ4n) is 1.82. The van der Waals surface area contributed by atoms with Crippen LogP contribution in [0.3, 0.4) is 0 Å². The smallest absolute Gasteiger partial charge is 0.261 e. The maximum atomic E-state index is 12.4. The van der Waals surface area contributed by atoms with Crippen LogP contribution in [0.25, 0.3) is 0 Å². The number of hydrogen-bond acceptors (Lipinski definition) is 4. The van der Waals surface area contributed by atoms with Gasteiger partial charge in [-0.05, 0) is 55.9 Å². The van der Waals surface area contributed by atoms with Crippen LogP contribution in [0.1, 0.15) is 5.56 Å². The van der Waals surface area contributed by atoms with Crippen LogP contribution in [0.15, 0.2) is 52.3 Å². The molecule has 124 valence electrons. The Morgan fingerprint density at radius 1 is 0.870 bits per heavy atom. The van der Waals surface area contributed by atoms with Gasteiger partial charge in [0.1, 0.15) is 0 Å². The van der Waals surface area contributed by atoms with Gasteiger partial charge in [-0.3, -0.25) is 4.72 Å². The maximum Gasteiger partial charge on any atom is 0.261 e. The number of sulfonamides is 2. The lowest BCUT2D eigenvalue weighted by Crippen LogP contribution is -2.19. The molecule has 0 aliphatic heterocycles. The highest BCUT2D eigenvalue weighted by molar-refractivity contribution is 7.92. The predicted octanol–water partition coefficient (Wildman–Crippen LogP) is 2.36. The Labute approximate surface area is 140 Å². The third-order valence-electron chi connectivity index (χ3n) is 3.16. The summed E-state index contributed by atoms with van der Waals surface area (Å²) in [5.74, 6) is 0. The van der Waals surface area contributed by atoms with Crippen LogP contribution in [-0.2, 0) is 20.0 Å². The van der Waals surface area contributed by atoms with E-state index in [0.29, 0.717) is 16.3 Å². The Balaban J connectivity index is 2.35. The van der Waals surface area contributed by atoms with Crippen LogP contribution >= 0.6 is 11.6 Å². The molecule has 0 spiro atoms. The van der Waals surface area contributed by atoms with Crippen molar-refractivity contribution < 1.29 is 16.8 Å². The van der Waals surface area contributed by atoms with Crippen LogP contribution in [0.4, 0.5) is 5.69 Å². The minimum absolute atomic E-state index is 0.0158. The molecule has 2 rings (SSSR count). The van der Waals surface area contributed by atoms with E-state index in [1.54, 1.807) is 19.1 Å². The molecule has 0 amide bonds. The number of halogens is 1. The zero-order chi connectivity index (χ0) is 17.3. The van der Waals surface area contributed by atoms with E-state index in [0.717, 1.165) is 0 Å². The van der Waals surface area contributed by atoms with E-state index >= 15 is 0 Å². The summed E-state index contributed by atoms with van der Waals surface area (Å²) >= 11 is 5.87. The van der Waals surface area contributed by atoms with Crippen molar-refractivity contribution in [2.45, 2.75) is 16.7 Å². The zero-order valence-corrected chi connectivity index (χ0v) is 14.8. The second-order valence-electron chi connectivity index (χ2n) is 4.74. The van der Waals surface area contributed by atoms with E-state index in [1.165, 1.54) is 37.4 Å². The van der Waals surface area contributed by atoms with Gasteiger partial charge in [0.15, 0.2) is 0 Å². The molecule has 0 aromatic heterocycles. The monoisotopic (exact) mass is 374 g/mol. The lowest BCUT2D eigenvalue weighted by atomic mass is 10.2. The summed E-state index contributed by atoms with van der Waals surface area (Å²) in [6.45, 7) is 1.75. The van der Waals surface area contributed by atoms with Crippen LogP contribution in [0.2, 0.25) is 5.02 Å². The number of nitrogens with one attached hydrogen (secondary N) is 2. The summed E-state index contributed by atoms with van der Waals surface area (Å²) in [6, 6.07) is 9.78. The number of hydrogen-bond donors (Lipinski definition) is 2. The average molecular weight is 375 g/mol. The normalized spacial score (nSPS) is 12.1. The van der Waals surface area contributed by atoms with Gasteiger partial charge in [0, 0.05) is 5.02 Å². The first-order valence-corrected chi connectivity index (χ1v) is 9.83. The zero-order valence-electron chi connectivity index (χ0n) is 12.4. The van der Waals surface area contributed by atoms with Crippen LogP contribution in [-0.4, -0.2) is 23.9 Å². The van der Waals surface area contributed by atoms with Crippen molar-refractivity contribution in [1.29, 1.82) is 0 Å². The minimum atomic E-state index is -3.85. The molecule has 2 aromatic carbocycles. The minimum Gasteiger partial charge on any atom is -0.279 e. The van der Waals surface area contributed by atoms with Gasteiger partial charge in [-0.2, -0.15) is 0 Å². The van der Waals surface area contributed by atoms with E-state index < -0.39 is 20.0 Å². The summed E-state index contributed by atoms with van der Waals surface area (Å²) in [5.41, 5.74) is 1.08. The summed E-state index contributed by atoms with van der Waals surface area (Å²) < 4.78 is 52.6. The molecule has 23 heavy (non-hydrogen) atoms. The quantitative estimate of drug-likeness (QED) is 0.840. The van der Waals surface area contributed by atoms with Crippen molar-refractivity contribution in [3.63, 3.8) is 0 Å². The molecule has 0 bridgehead atoms. The Morgan fingerprint density at radius 2 is 1.39 bits per heavy atom. The Morgan fingerprint density at radius 3 is 1.91 bits per heavy atom. The largest absolute Gasteiger partial charge is 0.279 e. The molecule has 0 heterocycles. The Hall–Kier alpha value is -1.61. The van der Waals surface area contributed by atoms with Crippen LogP contribution < -0.4 is 9.44 Å². The van der Waals surface area contributed by atoms with Crippen LogP contribution in [0, 0.1) is 6.92 Å². The van der Waals surface area contributed by atoms with E-state index in [1.807, 2.05) is 0 Å². The van der Waals surface area contributed by atoms with Gasteiger partial charge in [-0.15, -0.1) is 0 Å². The molecule has 0 aliphatic carbocycles. The number of anilines is 1. The second kappa shape index (κ2) is 6.48. The van der Waals surface area contributed by atoms with Crippen molar-refractivity contribution in [2.75, 3.05) is 11.8 Å². The lowest BCUT2D eigenvalue weighted by Gasteiger charge is -2.11. The Kier molecular flexibility index (Phi) is 5.00. The second-order valence-corrected chi connectivity index (χ2v) is 8.75. The van der Waals surface area contributed by atoms with Gasteiger partial charge in [0.2, 0.25) is 10.0 Å². The molecule has 0 aliphatic rings. The fourth-order valence-corrected chi connectivity index (χ4v) is 3.85. The number of rotatable bonds is 5. The van der Waals surface area contributed by atoms with Gasteiger partial charge >= 0.3 is 0 Å². The van der Waals surface area contributed by atoms with Gasteiger partial charge in [-0.1, -0.05) is 17.7 Å². The van der Waals surface area contributed by atoms with Crippen molar-refractivity contribution in [1.82, 2.24) is 4.72 Å².